The lowest BCUT2D eigenvalue weighted by molar-refractivity contribution is 0.102. The van der Waals surface area contributed by atoms with Crippen LogP contribution in [0.25, 0.3) is 5.69 Å². The summed E-state index contributed by atoms with van der Waals surface area (Å²) in [6, 6.07) is 14.1. The molecule has 0 saturated heterocycles. The number of hydrogen-bond acceptors (Lipinski definition) is 3. The Hall–Kier alpha value is -3.35. The van der Waals surface area contributed by atoms with E-state index in [-0.39, 0.29) is 11.4 Å². The molecule has 0 aliphatic carbocycles. The van der Waals surface area contributed by atoms with Crippen molar-refractivity contribution in [3.05, 3.63) is 88.3 Å². The van der Waals surface area contributed by atoms with Gasteiger partial charge in [0.15, 0.2) is 11.6 Å². The molecule has 0 fully saturated rings. The second-order valence-corrected chi connectivity index (χ2v) is 4.89. The normalized spacial score (nSPS) is 10.4. The molecule has 0 atom stereocenters. The van der Waals surface area contributed by atoms with Crippen molar-refractivity contribution in [1.29, 1.82) is 0 Å². The van der Waals surface area contributed by atoms with E-state index in [9.17, 15) is 18.4 Å². The Balaban J connectivity index is 1.90. The molecule has 0 radical (unpaired) electrons. The fourth-order valence-corrected chi connectivity index (χ4v) is 2.06. The smallest absolute Gasteiger partial charge is 0.276 e. The van der Waals surface area contributed by atoms with E-state index in [4.69, 9.17) is 0 Å². The Morgan fingerprint density at radius 1 is 0.958 bits per heavy atom. The number of benzene rings is 2. The van der Waals surface area contributed by atoms with Crippen molar-refractivity contribution in [2.75, 3.05) is 5.32 Å². The molecule has 5 nitrogen and oxygen atoms in total. The third kappa shape index (κ3) is 3.19. The molecule has 1 heterocycles. The van der Waals surface area contributed by atoms with E-state index in [1.165, 1.54) is 18.2 Å². The van der Waals surface area contributed by atoms with E-state index in [1.807, 2.05) is 0 Å². The highest BCUT2D eigenvalue weighted by Crippen LogP contribution is 2.14. The molecule has 1 amide bonds. The van der Waals surface area contributed by atoms with Crippen molar-refractivity contribution >= 4 is 11.6 Å². The van der Waals surface area contributed by atoms with Crippen LogP contribution in [-0.4, -0.2) is 15.7 Å². The highest BCUT2D eigenvalue weighted by Gasteiger charge is 2.12. The summed E-state index contributed by atoms with van der Waals surface area (Å²) < 4.78 is 27.2. The van der Waals surface area contributed by atoms with E-state index in [2.05, 4.69) is 10.4 Å². The molecular weight excluding hydrogens is 316 g/mol. The van der Waals surface area contributed by atoms with Crippen molar-refractivity contribution in [2.24, 2.45) is 0 Å². The molecule has 2 aromatic carbocycles. The fraction of sp³-hybridized carbons (Fsp3) is 0. The number of nitrogens with zero attached hydrogens (tertiary/aromatic N) is 2. The van der Waals surface area contributed by atoms with Crippen LogP contribution in [0, 0.1) is 11.6 Å². The number of rotatable bonds is 3. The first kappa shape index (κ1) is 15.5. The van der Waals surface area contributed by atoms with Crippen LogP contribution in [0.3, 0.4) is 0 Å². The number of anilines is 1. The molecule has 0 saturated carbocycles. The van der Waals surface area contributed by atoms with Gasteiger partial charge in [0.1, 0.15) is 5.69 Å². The molecule has 0 spiro atoms. The SMILES string of the molecule is O=C(Nc1ccc(F)c(F)c1)c1ccc(=O)n(-c2ccccc2)n1. The van der Waals surface area contributed by atoms with E-state index in [0.29, 0.717) is 5.69 Å². The predicted molar refractivity (Wildman–Crippen MR) is 84.1 cm³/mol. The summed E-state index contributed by atoms with van der Waals surface area (Å²) in [4.78, 5) is 24.1. The maximum Gasteiger partial charge on any atom is 0.276 e. The van der Waals surface area contributed by atoms with Gasteiger partial charge in [-0.05, 0) is 30.3 Å². The minimum Gasteiger partial charge on any atom is -0.320 e. The predicted octanol–water partition coefficient (Wildman–Crippen LogP) is 2.76. The number of halogens is 2. The first-order valence-corrected chi connectivity index (χ1v) is 6.97. The lowest BCUT2D eigenvalue weighted by atomic mass is 10.2. The molecule has 0 aliphatic heterocycles. The Bertz CT molecular complexity index is 956. The number of carbonyl (C=O) groups excluding carboxylic acids is 1. The molecule has 1 aromatic heterocycles. The first-order chi connectivity index (χ1) is 11.5. The molecule has 7 heteroatoms. The van der Waals surface area contributed by atoms with E-state index >= 15 is 0 Å². The quantitative estimate of drug-likeness (QED) is 0.804. The topological polar surface area (TPSA) is 64.0 Å². The molecule has 0 aliphatic rings. The summed E-state index contributed by atoms with van der Waals surface area (Å²) in [5.74, 6) is -2.73. The summed E-state index contributed by atoms with van der Waals surface area (Å²) >= 11 is 0. The monoisotopic (exact) mass is 327 g/mol. The summed E-state index contributed by atoms with van der Waals surface area (Å²) in [6.07, 6.45) is 0. The van der Waals surface area contributed by atoms with Crippen LogP contribution in [0.15, 0.2) is 65.5 Å². The number of carbonyl (C=O) groups is 1. The summed E-state index contributed by atoms with van der Waals surface area (Å²) in [6.45, 7) is 0. The maximum atomic E-state index is 13.2. The number of para-hydroxylation sites is 1. The van der Waals surface area contributed by atoms with Crippen LogP contribution in [0.5, 0.6) is 0 Å². The van der Waals surface area contributed by atoms with Gasteiger partial charge in [-0.1, -0.05) is 18.2 Å². The van der Waals surface area contributed by atoms with Crippen molar-refractivity contribution in [3.8, 4) is 5.69 Å². The van der Waals surface area contributed by atoms with Gasteiger partial charge in [0.2, 0.25) is 0 Å². The number of nitrogens with one attached hydrogen (secondary N) is 1. The highest BCUT2D eigenvalue weighted by atomic mass is 19.2. The minimum atomic E-state index is -1.07. The van der Waals surface area contributed by atoms with Gasteiger partial charge in [-0.3, -0.25) is 9.59 Å². The molecule has 120 valence electrons. The summed E-state index contributed by atoms with van der Waals surface area (Å²) in [7, 11) is 0. The molecule has 0 unspecified atom stereocenters. The molecule has 1 N–H and O–H groups in total. The zero-order chi connectivity index (χ0) is 17.1. The second-order valence-electron chi connectivity index (χ2n) is 4.89. The third-order valence-electron chi connectivity index (χ3n) is 3.21. The zero-order valence-corrected chi connectivity index (χ0v) is 12.2. The van der Waals surface area contributed by atoms with Gasteiger partial charge >= 0.3 is 0 Å². The largest absolute Gasteiger partial charge is 0.320 e. The molecule has 24 heavy (non-hydrogen) atoms. The van der Waals surface area contributed by atoms with Gasteiger partial charge in [0.05, 0.1) is 5.69 Å². The molecule has 3 aromatic rings. The van der Waals surface area contributed by atoms with Crippen molar-refractivity contribution in [3.63, 3.8) is 0 Å². The van der Waals surface area contributed by atoms with E-state index in [0.717, 1.165) is 16.8 Å². The number of amides is 1. The Labute approximate surface area is 135 Å². The second kappa shape index (κ2) is 6.41. The van der Waals surface area contributed by atoms with Crippen LogP contribution in [0.2, 0.25) is 0 Å². The molecular formula is C17H11F2N3O2. The Kier molecular flexibility index (Phi) is 4.15. The number of aromatic nitrogens is 2. The standard InChI is InChI=1S/C17H11F2N3O2/c18-13-7-6-11(10-14(13)19)20-17(24)15-8-9-16(23)22(21-15)12-4-2-1-3-5-12/h1-10H,(H,20,24). The Morgan fingerprint density at radius 2 is 1.71 bits per heavy atom. The van der Waals surface area contributed by atoms with Gasteiger partial charge in [0, 0.05) is 17.8 Å². The maximum absolute atomic E-state index is 13.2. The first-order valence-electron chi connectivity index (χ1n) is 6.97. The highest BCUT2D eigenvalue weighted by molar-refractivity contribution is 6.02. The van der Waals surface area contributed by atoms with Crippen molar-refractivity contribution in [1.82, 2.24) is 9.78 Å². The van der Waals surface area contributed by atoms with Gasteiger partial charge < -0.3 is 5.32 Å². The lowest BCUT2D eigenvalue weighted by Crippen LogP contribution is -2.24. The van der Waals surface area contributed by atoms with Gasteiger partial charge in [-0.15, -0.1) is 0 Å². The third-order valence-corrected chi connectivity index (χ3v) is 3.21. The van der Waals surface area contributed by atoms with Crippen LogP contribution >= 0.6 is 0 Å². The van der Waals surface area contributed by atoms with Crippen molar-refractivity contribution in [2.45, 2.75) is 0 Å². The summed E-state index contributed by atoms with van der Waals surface area (Å²) in [5, 5.41) is 6.40. The van der Waals surface area contributed by atoms with E-state index in [1.54, 1.807) is 30.3 Å². The molecule has 0 bridgehead atoms. The minimum absolute atomic E-state index is 0.0387. The van der Waals surface area contributed by atoms with Crippen LogP contribution < -0.4 is 10.9 Å². The average Bonchev–Trinajstić information content (AvgIpc) is 2.59. The zero-order valence-electron chi connectivity index (χ0n) is 12.2. The average molecular weight is 327 g/mol. The Morgan fingerprint density at radius 3 is 2.42 bits per heavy atom. The lowest BCUT2D eigenvalue weighted by Gasteiger charge is -2.08. The van der Waals surface area contributed by atoms with Gasteiger partial charge in [-0.2, -0.15) is 9.78 Å². The van der Waals surface area contributed by atoms with Crippen LogP contribution in [-0.2, 0) is 0 Å². The van der Waals surface area contributed by atoms with Crippen molar-refractivity contribution < 1.29 is 13.6 Å². The summed E-state index contributed by atoms with van der Waals surface area (Å²) in [5.41, 5.74) is 0.150. The van der Waals surface area contributed by atoms with Gasteiger partial charge in [-0.25, -0.2) is 8.78 Å². The number of hydrogen-bond donors (Lipinski definition) is 1. The van der Waals surface area contributed by atoms with Crippen LogP contribution in [0.1, 0.15) is 10.5 Å². The van der Waals surface area contributed by atoms with Crippen LogP contribution in [0.4, 0.5) is 14.5 Å². The van der Waals surface area contributed by atoms with Gasteiger partial charge in [0.25, 0.3) is 11.5 Å². The molecule has 3 rings (SSSR count). The van der Waals surface area contributed by atoms with E-state index < -0.39 is 23.1 Å². The fourth-order valence-electron chi connectivity index (χ4n) is 2.06.